The molecule has 11 heteroatoms. The number of hydrogen-bond acceptors (Lipinski definition) is 6. The molecule has 0 saturated heterocycles. The van der Waals surface area contributed by atoms with E-state index >= 15 is 0 Å². The molecule has 20 heavy (non-hydrogen) atoms. The van der Waals surface area contributed by atoms with E-state index in [4.69, 9.17) is 5.11 Å². The van der Waals surface area contributed by atoms with Gasteiger partial charge in [-0.05, 0) is 6.42 Å². The van der Waals surface area contributed by atoms with Crippen LogP contribution in [0.1, 0.15) is 16.9 Å². The summed E-state index contributed by atoms with van der Waals surface area (Å²) in [7, 11) is -3.23. The molecule has 0 fully saturated rings. The second-order valence-corrected chi connectivity index (χ2v) is 5.80. The Morgan fingerprint density at radius 2 is 2.10 bits per heavy atom. The van der Waals surface area contributed by atoms with Crippen molar-refractivity contribution in [2.75, 3.05) is 19.3 Å². The van der Waals surface area contributed by atoms with Crippen molar-refractivity contribution in [3.8, 4) is 0 Å². The average molecular weight is 305 g/mol. The first-order valence-electron chi connectivity index (χ1n) is 5.62. The molecule has 0 radical (unpaired) electrons. The SMILES string of the molecule is CS(=O)(=O)NCCCNC(=O)c1cn(CC(=O)O)nn1. The maximum atomic E-state index is 11.6. The molecule has 0 unspecified atom stereocenters. The van der Waals surface area contributed by atoms with Gasteiger partial charge in [0.05, 0.1) is 12.5 Å². The van der Waals surface area contributed by atoms with Gasteiger partial charge in [-0.2, -0.15) is 0 Å². The van der Waals surface area contributed by atoms with Crippen molar-refractivity contribution in [1.29, 1.82) is 0 Å². The lowest BCUT2D eigenvalue weighted by atomic mass is 10.4. The van der Waals surface area contributed by atoms with Gasteiger partial charge in [0.2, 0.25) is 10.0 Å². The highest BCUT2D eigenvalue weighted by Gasteiger charge is 2.11. The molecule has 0 aliphatic rings. The van der Waals surface area contributed by atoms with Gasteiger partial charge in [-0.3, -0.25) is 9.59 Å². The number of aromatic nitrogens is 3. The summed E-state index contributed by atoms with van der Waals surface area (Å²) in [6, 6.07) is 0. The zero-order valence-electron chi connectivity index (χ0n) is 10.7. The maximum absolute atomic E-state index is 11.6. The maximum Gasteiger partial charge on any atom is 0.325 e. The van der Waals surface area contributed by atoms with Crippen LogP contribution in [0.15, 0.2) is 6.20 Å². The Bertz CT molecular complexity index is 581. The van der Waals surface area contributed by atoms with E-state index in [0.717, 1.165) is 10.9 Å². The van der Waals surface area contributed by atoms with E-state index in [-0.39, 0.29) is 25.3 Å². The molecule has 0 aromatic carbocycles. The van der Waals surface area contributed by atoms with Gasteiger partial charge in [-0.1, -0.05) is 5.21 Å². The molecular weight excluding hydrogens is 290 g/mol. The fourth-order valence-electron chi connectivity index (χ4n) is 1.26. The van der Waals surface area contributed by atoms with Gasteiger partial charge in [0.1, 0.15) is 6.54 Å². The Morgan fingerprint density at radius 3 is 2.70 bits per heavy atom. The molecule has 1 heterocycles. The minimum Gasteiger partial charge on any atom is -0.480 e. The number of rotatable bonds is 8. The van der Waals surface area contributed by atoms with Crippen LogP contribution >= 0.6 is 0 Å². The molecule has 0 saturated carbocycles. The van der Waals surface area contributed by atoms with Gasteiger partial charge >= 0.3 is 5.97 Å². The van der Waals surface area contributed by atoms with Gasteiger partial charge in [0.15, 0.2) is 5.69 Å². The quantitative estimate of drug-likeness (QED) is 0.473. The van der Waals surface area contributed by atoms with Crippen LogP contribution in [0.4, 0.5) is 0 Å². The smallest absolute Gasteiger partial charge is 0.325 e. The number of hydrogen-bond donors (Lipinski definition) is 3. The fraction of sp³-hybridized carbons (Fsp3) is 0.556. The standard InChI is InChI=1S/C9H15N5O5S/c1-20(18,19)11-4-2-3-10-9(17)7-5-14(13-12-7)6-8(15)16/h5,11H,2-4,6H2,1H3,(H,10,17)(H,15,16). The molecule has 1 aromatic heterocycles. The fourth-order valence-corrected chi connectivity index (χ4v) is 1.77. The van der Waals surface area contributed by atoms with Crippen molar-refractivity contribution in [2.45, 2.75) is 13.0 Å². The van der Waals surface area contributed by atoms with Crippen LogP contribution in [0.5, 0.6) is 0 Å². The normalized spacial score (nSPS) is 11.2. The summed E-state index contributed by atoms with van der Waals surface area (Å²) in [5.74, 6) is -1.59. The number of nitrogens with zero attached hydrogens (tertiary/aromatic N) is 3. The van der Waals surface area contributed by atoms with E-state index in [2.05, 4.69) is 20.4 Å². The second kappa shape index (κ2) is 6.96. The van der Waals surface area contributed by atoms with Gasteiger partial charge in [0, 0.05) is 13.1 Å². The van der Waals surface area contributed by atoms with Crippen LogP contribution in [0.2, 0.25) is 0 Å². The Balaban J connectivity index is 2.32. The highest BCUT2D eigenvalue weighted by atomic mass is 32.2. The number of carboxylic acids is 1. The van der Waals surface area contributed by atoms with Gasteiger partial charge in [-0.25, -0.2) is 17.8 Å². The monoisotopic (exact) mass is 305 g/mol. The number of aliphatic carboxylic acids is 1. The molecular formula is C9H15N5O5S. The first-order chi connectivity index (χ1) is 9.28. The van der Waals surface area contributed by atoms with Crippen LogP contribution in [-0.4, -0.2) is 59.7 Å². The molecule has 0 aliphatic heterocycles. The van der Waals surface area contributed by atoms with E-state index in [1.54, 1.807) is 0 Å². The Labute approximate surface area is 115 Å². The predicted molar refractivity (Wildman–Crippen MR) is 67.5 cm³/mol. The lowest BCUT2D eigenvalue weighted by Gasteiger charge is -2.03. The molecule has 1 aromatic rings. The third kappa shape index (κ3) is 6.24. The molecule has 1 amide bonds. The Kier molecular flexibility index (Phi) is 5.58. The number of carboxylic acid groups (broad SMARTS) is 1. The van der Waals surface area contributed by atoms with Crippen LogP contribution in [0, 0.1) is 0 Å². The number of amides is 1. The highest BCUT2D eigenvalue weighted by Crippen LogP contribution is 1.93. The minimum absolute atomic E-state index is 0.00215. The number of carbonyl (C=O) groups is 2. The highest BCUT2D eigenvalue weighted by molar-refractivity contribution is 7.88. The zero-order chi connectivity index (χ0) is 15.2. The summed E-state index contributed by atoms with van der Waals surface area (Å²) in [5, 5.41) is 18.1. The Morgan fingerprint density at radius 1 is 1.40 bits per heavy atom. The summed E-state index contributed by atoms with van der Waals surface area (Å²) in [5.41, 5.74) is 0.00215. The number of carbonyl (C=O) groups excluding carboxylic acids is 1. The third-order valence-corrected chi connectivity index (χ3v) is 2.80. The van der Waals surface area contributed by atoms with Gasteiger partial charge in [0.25, 0.3) is 5.91 Å². The minimum atomic E-state index is -3.23. The second-order valence-electron chi connectivity index (χ2n) is 3.97. The van der Waals surface area contributed by atoms with Gasteiger partial charge in [-0.15, -0.1) is 5.10 Å². The molecule has 10 nitrogen and oxygen atoms in total. The first kappa shape index (κ1) is 16.0. The van der Waals surface area contributed by atoms with Crippen molar-refractivity contribution in [2.24, 2.45) is 0 Å². The van der Waals surface area contributed by atoms with Crippen molar-refractivity contribution in [3.05, 3.63) is 11.9 Å². The molecule has 1 rings (SSSR count). The van der Waals surface area contributed by atoms with E-state index in [9.17, 15) is 18.0 Å². The lowest BCUT2D eigenvalue weighted by molar-refractivity contribution is -0.137. The summed E-state index contributed by atoms with van der Waals surface area (Å²) in [6.45, 7) is 0.0938. The van der Waals surface area contributed by atoms with E-state index in [1.807, 2.05) is 0 Å². The van der Waals surface area contributed by atoms with Crippen molar-refractivity contribution in [1.82, 2.24) is 25.0 Å². The van der Waals surface area contributed by atoms with Crippen molar-refractivity contribution in [3.63, 3.8) is 0 Å². The summed E-state index contributed by atoms with van der Waals surface area (Å²) < 4.78 is 24.9. The van der Waals surface area contributed by atoms with Crippen molar-refractivity contribution < 1.29 is 23.1 Å². The van der Waals surface area contributed by atoms with E-state index in [0.29, 0.717) is 6.42 Å². The molecule has 112 valence electrons. The van der Waals surface area contributed by atoms with E-state index < -0.39 is 21.9 Å². The van der Waals surface area contributed by atoms with Crippen LogP contribution in [0.3, 0.4) is 0 Å². The molecule has 0 aliphatic carbocycles. The summed E-state index contributed by atoms with van der Waals surface area (Å²) in [4.78, 5) is 22.0. The largest absolute Gasteiger partial charge is 0.480 e. The number of sulfonamides is 1. The lowest BCUT2D eigenvalue weighted by Crippen LogP contribution is -2.29. The number of nitrogens with one attached hydrogen (secondary N) is 2. The molecule has 3 N–H and O–H groups in total. The first-order valence-corrected chi connectivity index (χ1v) is 7.52. The molecule has 0 spiro atoms. The van der Waals surface area contributed by atoms with Crippen molar-refractivity contribution >= 4 is 21.9 Å². The molecule has 0 atom stereocenters. The van der Waals surface area contributed by atoms with Crippen LogP contribution < -0.4 is 10.0 Å². The third-order valence-electron chi connectivity index (χ3n) is 2.07. The van der Waals surface area contributed by atoms with Crippen LogP contribution in [-0.2, 0) is 21.4 Å². The van der Waals surface area contributed by atoms with Gasteiger partial charge < -0.3 is 10.4 Å². The Hall–Kier alpha value is -2.01. The topological polar surface area (TPSA) is 143 Å². The van der Waals surface area contributed by atoms with Crippen LogP contribution in [0.25, 0.3) is 0 Å². The zero-order valence-corrected chi connectivity index (χ0v) is 11.6. The summed E-state index contributed by atoms with van der Waals surface area (Å²) in [6.07, 6.45) is 2.69. The molecule has 0 bridgehead atoms. The summed E-state index contributed by atoms with van der Waals surface area (Å²) >= 11 is 0. The predicted octanol–water partition coefficient (Wildman–Crippen LogP) is -1.97. The van der Waals surface area contributed by atoms with E-state index in [1.165, 1.54) is 6.20 Å². The average Bonchev–Trinajstić information content (AvgIpc) is 2.74.